The van der Waals surface area contributed by atoms with Gasteiger partial charge in [0.05, 0.1) is 59.4 Å². The van der Waals surface area contributed by atoms with Gasteiger partial charge in [-0.1, -0.05) is 6.07 Å². The van der Waals surface area contributed by atoms with E-state index in [1.807, 2.05) is 6.07 Å². The summed E-state index contributed by atoms with van der Waals surface area (Å²) >= 11 is 0. The van der Waals surface area contributed by atoms with Crippen molar-refractivity contribution in [2.45, 2.75) is 101 Å². The summed E-state index contributed by atoms with van der Waals surface area (Å²) in [6, 6.07) is 6.34. The summed E-state index contributed by atoms with van der Waals surface area (Å²) in [5, 5.41) is 23.5. The molecule has 0 radical (unpaired) electrons. The van der Waals surface area contributed by atoms with Crippen molar-refractivity contribution in [2.75, 3.05) is 43.1 Å². The number of alkyl halides is 2. The smallest absolute Gasteiger partial charge is 0.329 e. The molecule has 5 fully saturated rings. The highest BCUT2D eigenvalue weighted by Gasteiger charge is 2.40. The molecule has 8 heterocycles. The van der Waals surface area contributed by atoms with Crippen LogP contribution in [0.5, 0.6) is 0 Å². The molecule has 328 valence electrons. The molecular weight excluding hydrogens is 809 g/mol. The van der Waals surface area contributed by atoms with Gasteiger partial charge in [0.2, 0.25) is 5.91 Å². The number of aryl methyl sites for hydroxylation is 1. The summed E-state index contributed by atoms with van der Waals surface area (Å²) < 4.78 is 46.5. The number of carbonyl (C=O) groups is 3. The number of aliphatic hydroxyl groups excluding tert-OH is 1. The number of nitrogens with zero attached hydrogens (tertiary/aromatic N) is 9. The Labute approximate surface area is 353 Å². The van der Waals surface area contributed by atoms with Crippen molar-refractivity contribution in [1.29, 1.82) is 0 Å². The second-order valence-corrected chi connectivity index (χ2v) is 17.3. The number of fused-ring (bicyclic) bond motifs is 4. The Bertz CT molecular complexity index is 2590. The molecule has 18 nitrogen and oxygen atoms in total. The average molecular weight is 858 g/mol. The molecule has 5 aromatic rings. The van der Waals surface area contributed by atoms with Gasteiger partial charge in [0, 0.05) is 45.7 Å². The molecule has 1 aromatic carbocycles. The number of morpholine rings is 1. The van der Waals surface area contributed by atoms with Crippen LogP contribution < -0.4 is 21.2 Å². The van der Waals surface area contributed by atoms with E-state index in [9.17, 15) is 33.1 Å². The van der Waals surface area contributed by atoms with E-state index in [0.717, 1.165) is 25.8 Å². The minimum Gasteiger partial charge on any atom is -0.378 e. The normalized spacial score (nSPS) is 25.7. The van der Waals surface area contributed by atoms with Gasteiger partial charge >= 0.3 is 5.69 Å². The number of amides is 3. The summed E-state index contributed by atoms with van der Waals surface area (Å²) in [5.74, 6) is -0.225. The number of nitrogens with one attached hydrogen (secondary N) is 2. The van der Waals surface area contributed by atoms with Crippen LogP contribution in [0.4, 0.5) is 20.3 Å². The third-order valence-electron chi connectivity index (χ3n) is 13.5. The number of imidazole rings is 1. The van der Waals surface area contributed by atoms with E-state index < -0.39 is 41.9 Å². The Morgan fingerprint density at radius 2 is 1.84 bits per heavy atom. The van der Waals surface area contributed by atoms with E-state index in [0.29, 0.717) is 92.9 Å². The molecule has 4 saturated heterocycles. The van der Waals surface area contributed by atoms with Crippen LogP contribution in [-0.2, 0) is 21.3 Å². The number of halogens is 2. The maximum Gasteiger partial charge on any atom is 0.329 e. The summed E-state index contributed by atoms with van der Waals surface area (Å²) in [6.07, 6.45) is 6.86. The van der Waals surface area contributed by atoms with Crippen LogP contribution in [-0.4, -0.2) is 119 Å². The number of piperidine rings is 2. The average Bonchev–Trinajstić information content (AvgIpc) is 4.13. The number of hydrogen-bond acceptors (Lipinski definition) is 11. The zero-order valence-corrected chi connectivity index (χ0v) is 34.2. The van der Waals surface area contributed by atoms with E-state index in [-0.39, 0.29) is 47.4 Å². The van der Waals surface area contributed by atoms with Crippen molar-refractivity contribution >= 4 is 45.9 Å². The van der Waals surface area contributed by atoms with E-state index in [4.69, 9.17) is 14.5 Å². The largest absolute Gasteiger partial charge is 0.378 e. The van der Waals surface area contributed by atoms with E-state index >= 15 is 0 Å². The zero-order chi connectivity index (χ0) is 42.8. The third kappa shape index (κ3) is 7.30. The Morgan fingerprint density at radius 3 is 2.56 bits per heavy atom. The van der Waals surface area contributed by atoms with Crippen LogP contribution in [0.2, 0.25) is 0 Å². The fraction of sp³-hybridized carbons (Fsp3) is 0.548. The molecule has 4 atom stereocenters. The van der Waals surface area contributed by atoms with Gasteiger partial charge in [-0.05, 0) is 81.9 Å². The Balaban J connectivity index is 0.725. The quantitative estimate of drug-likeness (QED) is 0.186. The highest BCUT2D eigenvalue weighted by atomic mass is 19.3. The van der Waals surface area contributed by atoms with Crippen molar-refractivity contribution in [3.8, 4) is 0 Å². The lowest BCUT2D eigenvalue weighted by atomic mass is 9.86. The van der Waals surface area contributed by atoms with Crippen molar-refractivity contribution < 1.29 is 37.7 Å². The number of para-hydroxylation sites is 1. The first kappa shape index (κ1) is 40.3. The van der Waals surface area contributed by atoms with Crippen molar-refractivity contribution in [3.63, 3.8) is 0 Å². The van der Waals surface area contributed by atoms with Gasteiger partial charge in [0.25, 0.3) is 18.2 Å². The lowest BCUT2D eigenvalue weighted by molar-refractivity contribution is -0.130. The molecule has 5 aliphatic rings. The molecule has 62 heavy (non-hydrogen) atoms. The van der Waals surface area contributed by atoms with E-state index in [2.05, 4.69) is 25.7 Å². The first-order chi connectivity index (χ1) is 30.0. The fourth-order valence-electron chi connectivity index (χ4n) is 10.1. The molecule has 1 saturated carbocycles. The highest BCUT2D eigenvalue weighted by molar-refractivity contribution is 6.08. The first-order valence-electron chi connectivity index (χ1n) is 21.5. The number of aliphatic hydroxyl groups is 1. The molecule has 4 aliphatic heterocycles. The van der Waals surface area contributed by atoms with Crippen LogP contribution in [0, 0.1) is 5.92 Å². The standard InChI is InChI=1S/C42H49F2N11O7/c1-50-36-28(3-2-4-31(36)55(42(50)60)32-9-10-34(56)48-40(32)58)41(59)51-14-11-26(12-15-51)61-21-23-5-7-24(8-6-23)54-20-30(35(49-54)37(43)44)46-39(57)29-18-45-53-16-13-33(47-38(29)53)52-19-27-17-25(52)22-62-27/h2-4,13,16,18,20,23-27,32,34,37,56H,5-12,14-15,17,19,21-22H2,1H3,(H,46,57)(H,48,58)/t23?,24?,25-,27-,32?,34?/m1/s1. The van der Waals surface area contributed by atoms with Crippen LogP contribution in [0.1, 0.15) is 103 Å². The van der Waals surface area contributed by atoms with E-state index in [1.165, 1.54) is 26.0 Å². The van der Waals surface area contributed by atoms with Crippen LogP contribution in [0.15, 0.2) is 47.7 Å². The number of benzene rings is 1. The molecule has 1 aliphatic carbocycles. The number of carbonyl (C=O) groups excluding carboxylic acids is 3. The lowest BCUT2D eigenvalue weighted by Gasteiger charge is -2.34. The predicted octanol–water partition coefficient (Wildman–Crippen LogP) is 3.57. The number of rotatable bonds is 10. The summed E-state index contributed by atoms with van der Waals surface area (Å²) in [5.41, 5.74) is 0.923. The van der Waals surface area contributed by atoms with Crippen molar-refractivity contribution in [1.82, 2.24) is 43.7 Å². The van der Waals surface area contributed by atoms with Gasteiger partial charge in [0.1, 0.15) is 23.7 Å². The molecule has 4 aromatic heterocycles. The van der Waals surface area contributed by atoms with Crippen molar-refractivity contribution in [2.24, 2.45) is 13.0 Å². The van der Waals surface area contributed by atoms with E-state index in [1.54, 1.807) is 41.0 Å². The van der Waals surface area contributed by atoms with Gasteiger partial charge in [-0.3, -0.25) is 28.2 Å². The van der Waals surface area contributed by atoms with Crippen LogP contribution in [0.25, 0.3) is 16.7 Å². The number of likely N-dealkylation sites (tertiary alicyclic amines) is 1. The Kier molecular flexibility index (Phi) is 10.5. The maximum atomic E-state index is 14.3. The topological polar surface area (TPSA) is 195 Å². The molecule has 20 heteroatoms. The molecule has 3 amide bonds. The zero-order valence-electron chi connectivity index (χ0n) is 34.2. The lowest BCUT2D eigenvalue weighted by Crippen LogP contribution is -2.46. The van der Waals surface area contributed by atoms with Gasteiger partial charge < -0.3 is 35.0 Å². The predicted molar refractivity (Wildman–Crippen MR) is 219 cm³/mol. The summed E-state index contributed by atoms with van der Waals surface area (Å²) in [7, 11) is 1.60. The number of aromatic nitrogens is 7. The minimum atomic E-state index is -2.89. The molecule has 2 unspecified atom stereocenters. The minimum absolute atomic E-state index is 0.0242. The number of anilines is 2. The van der Waals surface area contributed by atoms with Gasteiger partial charge in [-0.15, -0.1) is 0 Å². The Morgan fingerprint density at radius 1 is 1.03 bits per heavy atom. The second kappa shape index (κ2) is 16.2. The first-order valence-corrected chi connectivity index (χ1v) is 21.5. The molecule has 2 bridgehead atoms. The van der Waals surface area contributed by atoms with Crippen LogP contribution in [0.3, 0.4) is 0 Å². The molecule has 10 rings (SSSR count). The molecule has 0 spiro atoms. The fourth-order valence-corrected chi connectivity index (χ4v) is 10.1. The highest BCUT2D eigenvalue weighted by Crippen LogP contribution is 2.36. The summed E-state index contributed by atoms with van der Waals surface area (Å²) in [6.45, 7) is 2.88. The number of hydrogen-bond donors (Lipinski definition) is 3. The van der Waals surface area contributed by atoms with Gasteiger partial charge in [0.15, 0.2) is 11.3 Å². The molecular formula is C42H49F2N11O7. The third-order valence-corrected chi connectivity index (χ3v) is 13.5. The van der Waals surface area contributed by atoms with Gasteiger partial charge in [-0.2, -0.15) is 10.2 Å². The second-order valence-electron chi connectivity index (χ2n) is 17.3. The monoisotopic (exact) mass is 857 g/mol. The number of ether oxygens (including phenoxy) is 2. The van der Waals surface area contributed by atoms with Crippen LogP contribution >= 0.6 is 0 Å². The molecule has 3 N–H and O–H groups in total. The summed E-state index contributed by atoms with van der Waals surface area (Å²) in [4.78, 5) is 62.2. The van der Waals surface area contributed by atoms with Crippen molar-refractivity contribution in [3.05, 3.63) is 70.2 Å². The maximum absolute atomic E-state index is 14.3. The Hall–Kier alpha value is -5.73. The van der Waals surface area contributed by atoms with Gasteiger partial charge in [-0.25, -0.2) is 23.1 Å². The SMILES string of the molecule is Cn1c(=O)n(C2CCC(O)NC2=O)c2cccc(C(=O)N3CCC(OCC4CCC(n5cc(NC(=O)c6cnn7ccc(N8C[C@H]9C[C@@H]8CO9)nc67)c(C(F)F)n5)CC4)CC3)c21.